The second-order valence-corrected chi connectivity index (χ2v) is 3.31. The number of benzene rings is 1. The number of rotatable bonds is 2. The normalized spacial score (nSPS) is 10.9. The maximum Gasteiger partial charge on any atom is 0.331 e. The van der Waals surface area contributed by atoms with Gasteiger partial charge in [0.15, 0.2) is 0 Å². The molecule has 0 fully saturated rings. The lowest BCUT2D eigenvalue weighted by atomic mass is 10.2. The fraction of sp³-hybridized carbons (Fsp3) is 0.0833. The lowest BCUT2D eigenvalue weighted by molar-refractivity contribution is -0.134. The summed E-state index contributed by atoms with van der Waals surface area (Å²) in [5.74, 6) is -0.523. The van der Waals surface area contributed by atoms with Crippen LogP contribution in [0, 0.1) is 0 Å². The molecule has 5 nitrogen and oxygen atoms in total. The summed E-state index contributed by atoms with van der Waals surface area (Å²) in [7, 11) is 1.27. The van der Waals surface area contributed by atoms with Gasteiger partial charge in [-0.2, -0.15) is 0 Å². The highest BCUT2D eigenvalue weighted by molar-refractivity contribution is 5.85. The summed E-state index contributed by atoms with van der Waals surface area (Å²) < 4.78 is 5.67. The van der Waals surface area contributed by atoms with Gasteiger partial charge >= 0.3 is 5.97 Å². The van der Waals surface area contributed by atoms with Crippen molar-refractivity contribution in [3.05, 3.63) is 47.0 Å². The van der Waals surface area contributed by atoms with E-state index in [0.717, 1.165) is 6.08 Å². The molecule has 1 aromatic carbocycles. The van der Waals surface area contributed by atoms with Gasteiger partial charge in [-0.25, -0.2) is 9.78 Å². The van der Waals surface area contributed by atoms with E-state index in [1.807, 2.05) is 6.07 Å². The third-order valence-corrected chi connectivity index (χ3v) is 2.26. The van der Waals surface area contributed by atoms with Gasteiger partial charge in [0.2, 0.25) is 0 Å². The Kier molecular flexibility index (Phi) is 3.00. The number of fused-ring (bicyclic) bond motifs is 1. The third kappa shape index (κ3) is 2.23. The number of methoxy groups -OCH3 is 1. The number of nitrogens with zero attached hydrogens (tertiary/aromatic N) is 2. The number of carbonyl (C=O) groups is 1. The van der Waals surface area contributed by atoms with Crippen molar-refractivity contribution in [2.24, 2.45) is 0 Å². The monoisotopic (exact) mass is 230 g/mol. The Balaban J connectivity index is 2.50. The molecular formula is C12H10N2O3. The van der Waals surface area contributed by atoms with Crippen LogP contribution in [0.25, 0.3) is 17.1 Å². The molecule has 0 saturated carbocycles. The van der Waals surface area contributed by atoms with E-state index >= 15 is 0 Å². The molecule has 0 amide bonds. The molecule has 1 aromatic heterocycles. The zero-order chi connectivity index (χ0) is 12.3. The minimum atomic E-state index is -0.523. The van der Waals surface area contributed by atoms with Crippen LogP contribution in [0.2, 0.25) is 0 Å². The van der Waals surface area contributed by atoms with Crippen LogP contribution in [0.4, 0.5) is 0 Å². The average Bonchev–Trinajstić information content (AvgIpc) is 2.38. The first-order valence-electron chi connectivity index (χ1n) is 4.94. The standard InChI is InChI=1S/C12H10N2O3/c1-17-11(15)6-7-14-8-13-10-5-3-2-4-9(10)12(14)16/h2-8H,1H3/b7-6+. The maximum atomic E-state index is 11.9. The van der Waals surface area contributed by atoms with E-state index in [1.165, 1.54) is 24.2 Å². The fourth-order valence-corrected chi connectivity index (χ4v) is 1.40. The molecule has 0 N–H and O–H groups in total. The molecule has 0 aliphatic heterocycles. The molecule has 1 heterocycles. The summed E-state index contributed by atoms with van der Waals surface area (Å²) in [6.07, 6.45) is 3.86. The Labute approximate surface area is 97.0 Å². The molecular weight excluding hydrogens is 220 g/mol. The van der Waals surface area contributed by atoms with E-state index in [-0.39, 0.29) is 5.56 Å². The van der Waals surface area contributed by atoms with Crippen molar-refractivity contribution in [1.29, 1.82) is 0 Å². The molecule has 0 bridgehead atoms. The molecule has 0 radical (unpaired) electrons. The third-order valence-electron chi connectivity index (χ3n) is 2.26. The van der Waals surface area contributed by atoms with Crippen molar-refractivity contribution < 1.29 is 9.53 Å². The van der Waals surface area contributed by atoms with Gasteiger partial charge in [0.05, 0.1) is 18.0 Å². The van der Waals surface area contributed by atoms with Crippen LogP contribution in [-0.4, -0.2) is 22.6 Å². The predicted molar refractivity (Wildman–Crippen MR) is 63.3 cm³/mol. The fourth-order valence-electron chi connectivity index (χ4n) is 1.40. The van der Waals surface area contributed by atoms with Crippen LogP contribution in [-0.2, 0) is 9.53 Å². The Morgan fingerprint density at radius 3 is 2.94 bits per heavy atom. The van der Waals surface area contributed by atoms with E-state index in [0.29, 0.717) is 10.9 Å². The number of ether oxygens (including phenoxy) is 1. The van der Waals surface area contributed by atoms with Gasteiger partial charge in [0.1, 0.15) is 6.33 Å². The van der Waals surface area contributed by atoms with Crippen LogP contribution in [0.5, 0.6) is 0 Å². The van der Waals surface area contributed by atoms with Gasteiger partial charge < -0.3 is 4.74 Å². The molecule has 2 rings (SSSR count). The highest BCUT2D eigenvalue weighted by Gasteiger charge is 2.01. The van der Waals surface area contributed by atoms with Crippen LogP contribution < -0.4 is 5.56 Å². The first kappa shape index (κ1) is 11.1. The number of carbonyl (C=O) groups excluding carboxylic acids is 1. The minimum absolute atomic E-state index is 0.226. The molecule has 0 spiro atoms. The van der Waals surface area contributed by atoms with E-state index in [9.17, 15) is 9.59 Å². The Hall–Kier alpha value is -2.43. The van der Waals surface area contributed by atoms with Gasteiger partial charge in [-0.3, -0.25) is 9.36 Å². The second kappa shape index (κ2) is 4.61. The molecule has 86 valence electrons. The SMILES string of the molecule is COC(=O)/C=C/n1cnc2ccccc2c1=O. The zero-order valence-corrected chi connectivity index (χ0v) is 9.16. The van der Waals surface area contributed by atoms with Crippen LogP contribution in [0.3, 0.4) is 0 Å². The summed E-state index contributed by atoms with van der Waals surface area (Å²) in [6, 6.07) is 7.02. The lowest BCUT2D eigenvalue weighted by Gasteiger charge is -2.00. The van der Waals surface area contributed by atoms with Crippen LogP contribution >= 0.6 is 0 Å². The van der Waals surface area contributed by atoms with E-state index in [1.54, 1.807) is 18.2 Å². The summed E-state index contributed by atoms with van der Waals surface area (Å²) >= 11 is 0. The van der Waals surface area contributed by atoms with Crippen molar-refractivity contribution in [2.75, 3.05) is 7.11 Å². The van der Waals surface area contributed by atoms with Crippen LogP contribution in [0.1, 0.15) is 0 Å². The van der Waals surface area contributed by atoms with Crippen molar-refractivity contribution in [3.8, 4) is 0 Å². The van der Waals surface area contributed by atoms with Gasteiger partial charge in [-0.05, 0) is 12.1 Å². The van der Waals surface area contributed by atoms with Gasteiger partial charge in [-0.15, -0.1) is 0 Å². The smallest absolute Gasteiger partial charge is 0.331 e. The zero-order valence-electron chi connectivity index (χ0n) is 9.16. The highest BCUT2D eigenvalue weighted by atomic mass is 16.5. The number of esters is 1. The van der Waals surface area contributed by atoms with E-state index in [4.69, 9.17) is 0 Å². The number of para-hydroxylation sites is 1. The van der Waals surface area contributed by atoms with E-state index < -0.39 is 5.97 Å². The largest absolute Gasteiger partial charge is 0.466 e. The molecule has 5 heteroatoms. The minimum Gasteiger partial charge on any atom is -0.466 e. The second-order valence-electron chi connectivity index (χ2n) is 3.31. The van der Waals surface area contributed by atoms with Gasteiger partial charge in [0, 0.05) is 12.3 Å². The first-order valence-corrected chi connectivity index (χ1v) is 4.94. The lowest BCUT2D eigenvalue weighted by Crippen LogP contribution is -2.16. The van der Waals surface area contributed by atoms with Crippen molar-refractivity contribution in [3.63, 3.8) is 0 Å². The predicted octanol–water partition coefficient (Wildman–Crippen LogP) is 1.04. The topological polar surface area (TPSA) is 61.2 Å². The highest BCUT2D eigenvalue weighted by Crippen LogP contribution is 2.04. The van der Waals surface area contributed by atoms with Gasteiger partial charge in [0.25, 0.3) is 5.56 Å². The molecule has 0 aliphatic carbocycles. The average molecular weight is 230 g/mol. The van der Waals surface area contributed by atoms with Crippen molar-refractivity contribution in [1.82, 2.24) is 9.55 Å². The molecule has 0 unspecified atom stereocenters. The maximum absolute atomic E-state index is 11.9. The van der Waals surface area contributed by atoms with Crippen molar-refractivity contribution in [2.45, 2.75) is 0 Å². The Bertz CT molecular complexity index is 643. The summed E-state index contributed by atoms with van der Waals surface area (Å²) in [5.41, 5.74) is 0.399. The molecule has 2 aromatic rings. The molecule has 0 atom stereocenters. The Morgan fingerprint density at radius 1 is 1.41 bits per heavy atom. The van der Waals surface area contributed by atoms with Crippen LogP contribution in [0.15, 0.2) is 41.5 Å². The quantitative estimate of drug-likeness (QED) is 0.571. The summed E-state index contributed by atoms with van der Waals surface area (Å²) in [6.45, 7) is 0. The summed E-state index contributed by atoms with van der Waals surface area (Å²) in [4.78, 5) is 27.0. The molecule has 0 aliphatic rings. The Morgan fingerprint density at radius 2 is 2.18 bits per heavy atom. The molecule has 0 saturated heterocycles. The molecule has 17 heavy (non-hydrogen) atoms. The summed E-state index contributed by atoms with van der Waals surface area (Å²) in [5, 5.41) is 0.504. The van der Waals surface area contributed by atoms with E-state index in [2.05, 4.69) is 9.72 Å². The number of hydrogen-bond donors (Lipinski definition) is 0. The van der Waals surface area contributed by atoms with Gasteiger partial charge in [-0.1, -0.05) is 12.1 Å². The number of hydrogen-bond acceptors (Lipinski definition) is 4. The first-order chi connectivity index (χ1) is 8.22. The van der Waals surface area contributed by atoms with Crippen molar-refractivity contribution >= 4 is 23.1 Å². The number of aromatic nitrogens is 2.